The molecular weight excluding hydrogens is 240 g/mol. The lowest BCUT2D eigenvalue weighted by Gasteiger charge is -2.23. The van der Waals surface area contributed by atoms with E-state index >= 15 is 0 Å². The van der Waals surface area contributed by atoms with E-state index < -0.39 is 24.1 Å². The van der Waals surface area contributed by atoms with E-state index in [0.29, 0.717) is 13.2 Å². The largest absolute Gasteiger partial charge is 0.480 e. The first kappa shape index (κ1) is 14.7. The van der Waals surface area contributed by atoms with Crippen molar-refractivity contribution in [2.24, 2.45) is 0 Å². The van der Waals surface area contributed by atoms with E-state index in [2.05, 4.69) is 10.6 Å². The number of ether oxygens (including phenoxy) is 1. The summed E-state index contributed by atoms with van der Waals surface area (Å²) >= 11 is 0. The van der Waals surface area contributed by atoms with Gasteiger partial charge in [0.2, 0.25) is 0 Å². The van der Waals surface area contributed by atoms with Crippen LogP contribution in [0.2, 0.25) is 0 Å². The zero-order chi connectivity index (χ0) is 13.5. The number of amides is 2. The predicted octanol–water partition coefficient (Wildman–Crippen LogP) is -0.311. The van der Waals surface area contributed by atoms with Crippen LogP contribution in [0.3, 0.4) is 0 Å². The van der Waals surface area contributed by atoms with Crippen molar-refractivity contribution in [2.75, 3.05) is 13.2 Å². The van der Waals surface area contributed by atoms with Crippen LogP contribution in [0.25, 0.3) is 0 Å². The van der Waals surface area contributed by atoms with Gasteiger partial charge in [0.15, 0.2) is 6.04 Å². The summed E-state index contributed by atoms with van der Waals surface area (Å²) in [6.45, 7) is 2.35. The Morgan fingerprint density at radius 3 is 2.67 bits per heavy atom. The number of aliphatic carboxylic acids is 1. The molecular formula is C11H20N2O5. The molecule has 2 amide bonds. The number of nitrogens with one attached hydrogen (secondary N) is 2. The van der Waals surface area contributed by atoms with Crippen molar-refractivity contribution < 1.29 is 24.5 Å². The number of hydrogen-bond acceptors (Lipinski definition) is 4. The van der Waals surface area contributed by atoms with Crippen molar-refractivity contribution >= 4 is 12.0 Å². The van der Waals surface area contributed by atoms with Crippen molar-refractivity contribution in [1.82, 2.24) is 10.6 Å². The van der Waals surface area contributed by atoms with Gasteiger partial charge in [0.25, 0.3) is 0 Å². The normalized spacial score (nSPS) is 22.9. The molecule has 3 unspecified atom stereocenters. The van der Waals surface area contributed by atoms with Gasteiger partial charge in [0.1, 0.15) is 0 Å². The fraction of sp³-hybridized carbons (Fsp3) is 0.818. The van der Waals surface area contributed by atoms with E-state index in [1.54, 1.807) is 0 Å². The van der Waals surface area contributed by atoms with E-state index in [4.69, 9.17) is 9.84 Å². The van der Waals surface area contributed by atoms with Gasteiger partial charge in [-0.1, -0.05) is 0 Å². The van der Waals surface area contributed by atoms with Crippen LogP contribution in [0.15, 0.2) is 0 Å². The molecule has 0 spiro atoms. The van der Waals surface area contributed by atoms with E-state index in [0.717, 1.165) is 19.3 Å². The number of aliphatic hydroxyl groups is 1. The molecule has 0 saturated carbocycles. The Bertz CT molecular complexity index is 289. The van der Waals surface area contributed by atoms with Gasteiger partial charge in [0, 0.05) is 13.2 Å². The molecule has 0 aromatic carbocycles. The molecule has 7 nitrogen and oxygen atoms in total. The second-order valence-corrected chi connectivity index (χ2v) is 4.40. The number of carbonyl (C=O) groups is 2. The summed E-state index contributed by atoms with van der Waals surface area (Å²) in [5, 5.41) is 22.7. The third-order valence-electron chi connectivity index (χ3n) is 2.80. The number of carbonyl (C=O) groups excluding carboxylic acids is 1. The fourth-order valence-corrected chi connectivity index (χ4v) is 1.76. The molecule has 1 rings (SSSR count). The van der Waals surface area contributed by atoms with E-state index in [1.807, 2.05) is 0 Å². The SMILES string of the molecule is CC(O)C(NC(=O)NCC1CCCCO1)C(=O)O. The van der Waals surface area contributed by atoms with Crippen molar-refractivity contribution in [3.05, 3.63) is 0 Å². The van der Waals surface area contributed by atoms with Gasteiger partial charge in [-0.15, -0.1) is 0 Å². The highest BCUT2D eigenvalue weighted by atomic mass is 16.5. The molecule has 0 radical (unpaired) electrons. The zero-order valence-electron chi connectivity index (χ0n) is 10.4. The monoisotopic (exact) mass is 260 g/mol. The van der Waals surface area contributed by atoms with Gasteiger partial charge in [-0.25, -0.2) is 9.59 Å². The minimum absolute atomic E-state index is 0.0145. The highest BCUT2D eigenvalue weighted by Gasteiger charge is 2.25. The van der Waals surface area contributed by atoms with Gasteiger partial charge in [-0.05, 0) is 26.2 Å². The Labute approximate surface area is 106 Å². The average molecular weight is 260 g/mol. The summed E-state index contributed by atoms with van der Waals surface area (Å²) in [5.41, 5.74) is 0. The van der Waals surface area contributed by atoms with Gasteiger partial charge in [0.05, 0.1) is 12.2 Å². The Kier molecular flexibility index (Phi) is 5.87. The number of aliphatic hydroxyl groups excluding tert-OH is 1. The highest BCUT2D eigenvalue weighted by molar-refractivity contribution is 5.82. The summed E-state index contributed by atoms with van der Waals surface area (Å²) in [7, 11) is 0. The smallest absolute Gasteiger partial charge is 0.328 e. The number of carboxylic acids is 1. The van der Waals surface area contributed by atoms with Crippen LogP contribution in [0.5, 0.6) is 0 Å². The van der Waals surface area contributed by atoms with Crippen LogP contribution in [0.1, 0.15) is 26.2 Å². The van der Waals surface area contributed by atoms with Gasteiger partial charge < -0.3 is 25.6 Å². The molecule has 4 N–H and O–H groups in total. The molecule has 0 aliphatic carbocycles. The van der Waals surface area contributed by atoms with Gasteiger partial charge in [-0.2, -0.15) is 0 Å². The molecule has 0 bridgehead atoms. The maximum Gasteiger partial charge on any atom is 0.328 e. The van der Waals surface area contributed by atoms with Crippen LogP contribution >= 0.6 is 0 Å². The van der Waals surface area contributed by atoms with E-state index in [-0.39, 0.29) is 6.10 Å². The maximum atomic E-state index is 11.5. The third-order valence-corrected chi connectivity index (χ3v) is 2.80. The van der Waals surface area contributed by atoms with Crippen molar-refractivity contribution in [2.45, 2.75) is 44.4 Å². The molecule has 1 heterocycles. The molecule has 0 aromatic rings. The summed E-state index contributed by atoms with van der Waals surface area (Å²) < 4.78 is 5.42. The van der Waals surface area contributed by atoms with Gasteiger partial charge in [-0.3, -0.25) is 0 Å². The number of rotatable bonds is 5. The average Bonchev–Trinajstić information content (AvgIpc) is 2.34. The maximum absolute atomic E-state index is 11.5. The Hall–Kier alpha value is -1.34. The minimum atomic E-state index is -1.31. The summed E-state index contributed by atoms with van der Waals surface area (Å²) in [6.07, 6.45) is 1.82. The lowest BCUT2D eigenvalue weighted by Crippen LogP contribution is -2.52. The molecule has 1 saturated heterocycles. The number of carboxylic acid groups (broad SMARTS) is 1. The summed E-state index contributed by atoms with van der Waals surface area (Å²) in [4.78, 5) is 22.2. The number of urea groups is 1. The molecule has 1 fully saturated rings. The minimum Gasteiger partial charge on any atom is -0.480 e. The Morgan fingerprint density at radius 1 is 1.44 bits per heavy atom. The fourth-order valence-electron chi connectivity index (χ4n) is 1.76. The summed E-state index contributed by atoms with van der Waals surface area (Å²) in [5.74, 6) is -1.27. The summed E-state index contributed by atoms with van der Waals surface area (Å²) in [6, 6.07) is -1.92. The van der Waals surface area contributed by atoms with Crippen LogP contribution < -0.4 is 10.6 Å². The van der Waals surface area contributed by atoms with Crippen LogP contribution in [-0.4, -0.2) is 53.6 Å². The number of hydrogen-bond donors (Lipinski definition) is 4. The third kappa shape index (κ3) is 4.89. The molecule has 1 aliphatic heterocycles. The van der Waals surface area contributed by atoms with Crippen molar-refractivity contribution in [1.29, 1.82) is 0 Å². The lowest BCUT2D eigenvalue weighted by atomic mass is 10.1. The first-order valence-electron chi connectivity index (χ1n) is 6.07. The highest BCUT2D eigenvalue weighted by Crippen LogP contribution is 2.11. The molecule has 0 aromatic heterocycles. The topological polar surface area (TPSA) is 108 Å². The Balaban J connectivity index is 2.29. The predicted molar refractivity (Wildman–Crippen MR) is 63.2 cm³/mol. The van der Waals surface area contributed by atoms with E-state index in [1.165, 1.54) is 6.92 Å². The molecule has 7 heteroatoms. The van der Waals surface area contributed by atoms with E-state index in [9.17, 15) is 14.7 Å². The van der Waals surface area contributed by atoms with Crippen LogP contribution in [0.4, 0.5) is 4.79 Å². The van der Waals surface area contributed by atoms with Crippen LogP contribution in [0, 0.1) is 0 Å². The first-order valence-corrected chi connectivity index (χ1v) is 6.07. The molecule has 1 aliphatic rings. The van der Waals surface area contributed by atoms with Gasteiger partial charge >= 0.3 is 12.0 Å². The molecule has 104 valence electrons. The molecule has 3 atom stereocenters. The quantitative estimate of drug-likeness (QED) is 0.542. The lowest BCUT2D eigenvalue weighted by molar-refractivity contribution is -0.141. The zero-order valence-corrected chi connectivity index (χ0v) is 10.4. The van der Waals surface area contributed by atoms with Crippen molar-refractivity contribution in [3.8, 4) is 0 Å². The molecule has 18 heavy (non-hydrogen) atoms. The second-order valence-electron chi connectivity index (χ2n) is 4.40. The standard InChI is InChI=1S/C11H20N2O5/c1-7(14)9(10(15)16)13-11(17)12-6-8-4-2-3-5-18-8/h7-9,14H,2-6H2,1H3,(H,15,16)(H2,12,13,17). The van der Waals surface area contributed by atoms with Crippen LogP contribution in [-0.2, 0) is 9.53 Å². The Morgan fingerprint density at radius 2 is 2.17 bits per heavy atom. The second kappa shape index (κ2) is 7.17. The first-order chi connectivity index (χ1) is 8.50. The van der Waals surface area contributed by atoms with Crippen molar-refractivity contribution in [3.63, 3.8) is 0 Å².